The Morgan fingerprint density at radius 1 is 1.45 bits per heavy atom. The maximum atomic E-state index is 12.1. The molecule has 0 fully saturated rings. The summed E-state index contributed by atoms with van der Waals surface area (Å²) >= 11 is 0. The number of nitrogen functional groups attached to an aromatic ring is 1. The molecule has 0 aliphatic heterocycles. The molecule has 1 aromatic rings. The van der Waals surface area contributed by atoms with Crippen molar-refractivity contribution in [2.75, 3.05) is 33.1 Å². The molecule has 0 aliphatic rings. The van der Waals surface area contributed by atoms with Crippen LogP contribution in [0.25, 0.3) is 0 Å². The normalized spacial score (nSPS) is 13.6. The predicted molar refractivity (Wildman–Crippen MR) is 76.9 cm³/mol. The van der Waals surface area contributed by atoms with Gasteiger partial charge in [0.25, 0.3) is 5.91 Å². The molecule has 0 aliphatic carbocycles. The Morgan fingerprint density at radius 2 is 2.15 bits per heavy atom. The Morgan fingerprint density at radius 3 is 2.75 bits per heavy atom. The lowest BCUT2D eigenvalue weighted by atomic mass is 10.0. The van der Waals surface area contributed by atoms with Crippen molar-refractivity contribution < 1.29 is 19.4 Å². The smallest absolute Gasteiger partial charge is 0.255 e. The highest BCUT2D eigenvalue weighted by atomic mass is 16.5. The van der Waals surface area contributed by atoms with Crippen LogP contribution in [0.5, 0.6) is 5.75 Å². The zero-order valence-electron chi connectivity index (χ0n) is 12.1. The van der Waals surface area contributed by atoms with E-state index < -0.39 is 5.60 Å². The number of hydrogen-bond donors (Lipinski definition) is 3. The van der Waals surface area contributed by atoms with Crippen molar-refractivity contribution in [3.8, 4) is 5.75 Å². The number of aliphatic hydroxyl groups is 1. The van der Waals surface area contributed by atoms with Crippen LogP contribution in [0.3, 0.4) is 0 Å². The summed E-state index contributed by atoms with van der Waals surface area (Å²) in [6.45, 7) is 2.20. The molecule has 0 bridgehead atoms. The van der Waals surface area contributed by atoms with Crippen LogP contribution in [-0.4, -0.2) is 44.0 Å². The monoisotopic (exact) mass is 282 g/mol. The van der Waals surface area contributed by atoms with E-state index in [1.54, 1.807) is 32.2 Å². The summed E-state index contributed by atoms with van der Waals surface area (Å²) in [6.07, 6.45) is 0.433. The number of benzene rings is 1. The van der Waals surface area contributed by atoms with Gasteiger partial charge in [-0.05, 0) is 19.1 Å². The number of carbonyl (C=O) groups excluding carboxylic acids is 1. The van der Waals surface area contributed by atoms with Crippen LogP contribution in [0.4, 0.5) is 5.69 Å². The fourth-order valence-electron chi connectivity index (χ4n) is 1.67. The Bertz CT molecular complexity index is 460. The molecule has 1 rings (SSSR count). The Labute approximate surface area is 118 Å². The molecule has 6 nitrogen and oxygen atoms in total. The molecule has 4 N–H and O–H groups in total. The number of ether oxygens (including phenoxy) is 2. The van der Waals surface area contributed by atoms with Gasteiger partial charge in [-0.15, -0.1) is 0 Å². The molecule has 0 saturated carbocycles. The SMILES string of the molecule is COCCC(C)(O)CNC(=O)c1ccc(N)cc1OC. The number of nitrogens with one attached hydrogen (secondary N) is 1. The van der Waals surface area contributed by atoms with Crippen molar-refractivity contribution in [2.24, 2.45) is 0 Å². The van der Waals surface area contributed by atoms with Crippen LogP contribution in [0.15, 0.2) is 18.2 Å². The molecular weight excluding hydrogens is 260 g/mol. The predicted octanol–water partition coefficient (Wildman–Crippen LogP) is 0.795. The molecule has 1 unspecified atom stereocenters. The number of hydrogen-bond acceptors (Lipinski definition) is 5. The number of methoxy groups -OCH3 is 2. The number of anilines is 1. The van der Waals surface area contributed by atoms with E-state index >= 15 is 0 Å². The van der Waals surface area contributed by atoms with Gasteiger partial charge in [-0.1, -0.05) is 0 Å². The van der Waals surface area contributed by atoms with Gasteiger partial charge in [-0.25, -0.2) is 0 Å². The fourth-order valence-corrected chi connectivity index (χ4v) is 1.67. The fraction of sp³-hybridized carbons (Fsp3) is 0.500. The topological polar surface area (TPSA) is 93.8 Å². The second-order valence-corrected chi connectivity index (χ2v) is 4.88. The van der Waals surface area contributed by atoms with Gasteiger partial charge >= 0.3 is 0 Å². The van der Waals surface area contributed by atoms with E-state index in [0.717, 1.165) is 0 Å². The van der Waals surface area contributed by atoms with Gasteiger partial charge < -0.3 is 25.6 Å². The third kappa shape index (κ3) is 4.71. The van der Waals surface area contributed by atoms with Crippen molar-refractivity contribution in [3.63, 3.8) is 0 Å². The zero-order chi connectivity index (χ0) is 15.2. The Hall–Kier alpha value is -1.79. The van der Waals surface area contributed by atoms with E-state index in [1.165, 1.54) is 7.11 Å². The molecule has 0 spiro atoms. The minimum absolute atomic E-state index is 0.128. The molecule has 20 heavy (non-hydrogen) atoms. The third-order valence-corrected chi connectivity index (χ3v) is 2.94. The van der Waals surface area contributed by atoms with Gasteiger partial charge in [0.05, 0.1) is 18.3 Å². The van der Waals surface area contributed by atoms with E-state index in [9.17, 15) is 9.90 Å². The second-order valence-electron chi connectivity index (χ2n) is 4.88. The van der Waals surface area contributed by atoms with Crippen LogP contribution in [0.2, 0.25) is 0 Å². The summed E-state index contributed by atoms with van der Waals surface area (Å²) < 4.78 is 10.0. The second kappa shape index (κ2) is 7.12. The van der Waals surface area contributed by atoms with Crippen LogP contribution in [0, 0.1) is 0 Å². The summed E-state index contributed by atoms with van der Waals surface area (Å²) in [5.41, 5.74) is 5.51. The Kier molecular flexibility index (Phi) is 5.79. The van der Waals surface area contributed by atoms with E-state index in [0.29, 0.717) is 30.0 Å². The molecule has 112 valence electrons. The van der Waals surface area contributed by atoms with E-state index in [2.05, 4.69) is 5.32 Å². The highest BCUT2D eigenvalue weighted by Crippen LogP contribution is 2.21. The summed E-state index contributed by atoms with van der Waals surface area (Å²) in [5.74, 6) is 0.0820. The van der Waals surface area contributed by atoms with Gasteiger partial charge in [0, 0.05) is 38.4 Å². The lowest BCUT2D eigenvalue weighted by Crippen LogP contribution is -2.41. The molecule has 0 radical (unpaired) electrons. The molecule has 0 heterocycles. The summed E-state index contributed by atoms with van der Waals surface area (Å²) in [4.78, 5) is 12.1. The lowest BCUT2D eigenvalue weighted by molar-refractivity contribution is 0.0243. The van der Waals surface area contributed by atoms with Crippen molar-refractivity contribution in [1.29, 1.82) is 0 Å². The first-order valence-corrected chi connectivity index (χ1v) is 6.32. The van der Waals surface area contributed by atoms with Crippen LogP contribution >= 0.6 is 0 Å². The van der Waals surface area contributed by atoms with E-state index in [1.807, 2.05) is 0 Å². The van der Waals surface area contributed by atoms with E-state index in [4.69, 9.17) is 15.2 Å². The zero-order valence-corrected chi connectivity index (χ0v) is 12.1. The molecule has 1 aromatic carbocycles. The number of nitrogens with two attached hydrogens (primary N) is 1. The standard InChI is InChI=1S/C14H22N2O4/c1-14(18,6-7-19-2)9-16-13(17)11-5-4-10(15)8-12(11)20-3/h4-5,8,18H,6-7,9,15H2,1-3H3,(H,16,17). The van der Waals surface area contributed by atoms with Crippen LogP contribution in [-0.2, 0) is 4.74 Å². The minimum atomic E-state index is -1.02. The molecular formula is C14H22N2O4. The van der Waals surface area contributed by atoms with Gasteiger partial charge in [-0.2, -0.15) is 0 Å². The van der Waals surface area contributed by atoms with Gasteiger partial charge in [0.15, 0.2) is 0 Å². The molecule has 0 aromatic heterocycles. The van der Waals surface area contributed by atoms with E-state index in [-0.39, 0.29) is 12.5 Å². The van der Waals surface area contributed by atoms with Gasteiger partial charge in [-0.3, -0.25) is 4.79 Å². The number of carbonyl (C=O) groups is 1. The summed E-state index contributed by atoms with van der Waals surface area (Å²) in [7, 11) is 3.04. The third-order valence-electron chi connectivity index (χ3n) is 2.94. The average Bonchev–Trinajstić information content (AvgIpc) is 2.42. The maximum absolute atomic E-state index is 12.1. The largest absolute Gasteiger partial charge is 0.496 e. The number of rotatable bonds is 7. The van der Waals surface area contributed by atoms with Gasteiger partial charge in [0.1, 0.15) is 5.75 Å². The number of amides is 1. The average molecular weight is 282 g/mol. The first-order valence-electron chi connectivity index (χ1n) is 6.32. The Balaban J connectivity index is 2.67. The first kappa shape index (κ1) is 16.3. The molecule has 1 amide bonds. The lowest BCUT2D eigenvalue weighted by Gasteiger charge is -2.23. The van der Waals surface area contributed by atoms with Crippen molar-refractivity contribution in [1.82, 2.24) is 5.32 Å². The maximum Gasteiger partial charge on any atom is 0.255 e. The first-order chi connectivity index (χ1) is 9.39. The minimum Gasteiger partial charge on any atom is -0.496 e. The summed E-state index contributed by atoms with van der Waals surface area (Å²) in [5, 5.41) is 12.7. The van der Waals surface area contributed by atoms with Gasteiger partial charge in [0.2, 0.25) is 0 Å². The highest BCUT2D eigenvalue weighted by molar-refractivity contribution is 5.97. The van der Waals surface area contributed by atoms with Crippen molar-refractivity contribution in [2.45, 2.75) is 18.9 Å². The van der Waals surface area contributed by atoms with Crippen molar-refractivity contribution in [3.05, 3.63) is 23.8 Å². The van der Waals surface area contributed by atoms with Crippen LogP contribution in [0.1, 0.15) is 23.7 Å². The molecule has 1 atom stereocenters. The molecule has 0 saturated heterocycles. The highest BCUT2D eigenvalue weighted by Gasteiger charge is 2.22. The quantitative estimate of drug-likeness (QED) is 0.643. The van der Waals surface area contributed by atoms with Crippen LogP contribution < -0.4 is 15.8 Å². The molecule has 6 heteroatoms. The van der Waals surface area contributed by atoms with Crippen molar-refractivity contribution >= 4 is 11.6 Å². The summed E-state index contributed by atoms with van der Waals surface area (Å²) in [6, 6.07) is 4.80.